The fourth-order valence-electron chi connectivity index (χ4n) is 2.96. The van der Waals surface area contributed by atoms with E-state index in [4.69, 9.17) is 0 Å². The van der Waals surface area contributed by atoms with Crippen LogP contribution in [0.1, 0.15) is 16.7 Å². The second kappa shape index (κ2) is 5.06. The third-order valence-electron chi connectivity index (χ3n) is 4.01. The first kappa shape index (κ1) is 12.2. The molecule has 0 saturated heterocycles. The van der Waals surface area contributed by atoms with Crippen molar-refractivity contribution in [3.8, 4) is 11.1 Å². The molecule has 1 heterocycles. The van der Waals surface area contributed by atoms with Gasteiger partial charge in [0.05, 0.1) is 0 Å². The maximum absolute atomic E-state index is 4.14. The van der Waals surface area contributed by atoms with Gasteiger partial charge in [-0.25, -0.2) is 0 Å². The maximum atomic E-state index is 4.14. The highest BCUT2D eigenvalue weighted by Gasteiger charge is 2.17. The van der Waals surface area contributed by atoms with E-state index in [9.17, 15) is 0 Å². The van der Waals surface area contributed by atoms with Crippen molar-refractivity contribution in [3.63, 3.8) is 0 Å². The molecule has 3 aromatic rings. The normalized spacial score (nSPS) is 11.8. The van der Waals surface area contributed by atoms with Gasteiger partial charge in [0, 0.05) is 24.6 Å². The van der Waals surface area contributed by atoms with Gasteiger partial charge in [-0.05, 0) is 52.4 Å². The average molecular weight is 272 g/mol. The van der Waals surface area contributed by atoms with Crippen LogP contribution in [0, 0.1) is 0 Å². The molecule has 0 saturated carbocycles. The largest absolute Gasteiger partial charge is 0.381 e. The molecule has 0 amide bonds. The number of rotatable bonds is 3. The van der Waals surface area contributed by atoms with Crippen LogP contribution in [0.3, 0.4) is 0 Å². The molecular formula is C19H16N2. The lowest BCUT2D eigenvalue weighted by atomic mass is 10.1. The number of pyridine rings is 1. The quantitative estimate of drug-likeness (QED) is 0.602. The van der Waals surface area contributed by atoms with Crippen LogP contribution in [0.25, 0.3) is 11.1 Å². The second-order valence-corrected chi connectivity index (χ2v) is 5.42. The molecule has 0 radical (unpaired) electrons. The van der Waals surface area contributed by atoms with Crippen LogP contribution < -0.4 is 5.32 Å². The maximum Gasteiger partial charge on any atom is 0.0416 e. The van der Waals surface area contributed by atoms with Crippen molar-refractivity contribution >= 4 is 5.69 Å². The molecule has 2 nitrogen and oxygen atoms in total. The molecule has 1 aromatic heterocycles. The number of nitrogens with zero attached hydrogens (tertiary/aromatic N) is 1. The van der Waals surface area contributed by atoms with E-state index in [0.717, 1.165) is 13.0 Å². The summed E-state index contributed by atoms with van der Waals surface area (Å²) < 4.78 is 0. The summed E-state index contributed by atoms with van der Waals surface area (Å²) in [5.41, 5.74) is 7.96. The first-order valence-corrected chi connectivity index (χ1v) is 7.24. The number of benzene rings is 2. The molecule has 0 spiro atoms. The molecule has 21 heavy (non-hydrogen) atoms. The van der Waals surface area contributed by atoms with Crippen LogP contribution in [0.2, 0.25) is 0 Å². The first-order valence-electron chi connectivity index (χ1n) is 7.24. The van der Waals surface area contributed by atoms with Crippen molar-refractivity contribution in [2.45, 2.75) is 13.0 Å². The van der Waals surface area contributed by atoms with Crippen molar-refractivity contribution in [3.05, 3.63) is 83.7 Å². The zero-order chi connectivity index (χ0) is 14.1. The standard InChI is InChI=1S/C19H16N2/c1-2-6-18-15(5-1)10-16-11-17(7-8-19(16)18)21-13-14-4-3-9-20-12-14/h1-9,11-12,21H,10,13H2. The summed E-state index contributed by atoms with van der Waals surface area (Å²) in [7, 11) is 0. The Morgan fingerprint density at radius 2 is 1.81 bits per heavy atom. The van der Waals surface area contributed by atoms with Gasteiger partial charge in [-0.2, -0.15) is 0 Å². The molecule has 2 aromatic carbocycles. The van der Waals surface area contributed by atoms with Crippen LogP contribution >= 0.6 is 0 Å². The molecule has 2 heteroatoms. The number of fused-ring (bicyclic) bond motifs is 3. The molecule has 4 rings (SSSR count). The fourth-order valence-corrected chi connectivity index (χ4v) is 2.96. The Hall–Kier alpha value is -2.61. The number of aromatic nitrogens is 1. The fraction of sp³-hybridized carbons (Fsp3) is 0.105. The molecule has 0 unspecified atom stereocenters. The summed E-state index contributed by atoms with van der Waals surface area (Å²) in [6.45, 7) is 0.805. The molecule has 0 fully saturated rings. The summed E-state index contributed by atoms with van der Waals surface area (Å²) in [4.78, 5) is 4.14. The number of anilines is 1. The third kappa shape index (κ3) is 2.29. The van der Waals surface area contributed by atoms with Gasteiger partial charge in [0.1, 0.15) is 0 Å². The van der Waals surface area contributed by atoms with Crippen LogP contribution in [-0.4, -0.2) is 4.98 Å². The van der Waals surface area contributed by atoms with Gasteiger partial charge in [-0.3, -0.25) is 4.98 Å². The minimum absolute atomic E-state index is 0.805. The van der Waals surface area contributed by atoms with Gasteiger partial charge in [-0.15, -0.1) is 0 Å². The van der Waals surface area contributed by atoms with Crippen LogP contribution in [-0.2, 0) is 13.0 Å². The molecule has 0 atom stereocenters. The van der Waals surface area contributed by atoms with E-state index in [2.05, 4.69) is 58.8 Å². The minimum Gasteiger partial charge on any atom is -0.381 e. The summed E-state index contributed by atoms with van der Waals surface area (Å²) in [5, 5.41) is 3.48. The van der Waals surface area contributed by atoms with Crippen molar-refractivity contribution in [1.82, 2.24) is 4.98 Å². The monoisotopic (exact) mass is 272 g/mol. The van der Waals surface area contributed by atoms with Crippen molar-refractivity contribution in [1.29, 1.82) is 0 Å². The molecular weight excluding hydrogens is 256 g/mol. The van der Waals surface area contributed by atoms with Crippen molar-refractivity contribution in [2.24, 2.45) is 0 Å². The van der Waals surface area contributed by atoms with Crippen molar-refractivity contribution in [2.75, 3.05) is 5.32 Å². The van der Waals surface area contributed by atoms with E-state index < -0.39 is 0 Å². The van der Waals surface area contributed by atoms with E-state index in [1.165, 1.54) is 33.5 Å². The SMILES string of the molecule is c1cncc(CNc2ccc3c(c2)Cc2ccccc2-3)c1. The van der Waals surface area contributed by atoms with E-state index >= 15 is 0 Å². The molecule has 0 aliphatic heterocycles. The zero-order valence-electron chi connectivity index (χ0n) is 11.7. The Bertz CT molecular complexity index is 779. The highest BCUT2D eigenvalue weighted by Crippen LogP contribution is 2.37. The Balaban J connectivity index is 1.56. The molecule has 0 bridgehead atoms. The van der Waals surface area contributed by atoms with Gasteiger partial charge in [0.25, 0.3) is 0 Å². The van der Waals surface area contributed by atoms with E-state index in [1.807, 2.05) is 12.3 Å². The highest BCUT2D eigenvalue weighted by atomic mass is 14.9. The molecule has 1 N–H and O–H groups in total. The molecule has 1 aliphatic carbocycles. The van der Waals surface area contributed by atoms with Crippen LogP contribution in [0.15, 0.2) is 67.0 Å². The van der Waals surface area contributed by atoms with Crippen molar-refractivity contribution < 1.29 is 0 Å². The van der Waals surface area contributed by atoms with Gasteiger partial charge >= 0.3 is 0 Å². The topological polar surface area (TPSA) is 24.9 Å². The predicted octanol–water partition coefficient (Wildman–Crippen LogP) is 4.26. The summed E-state index contributed by atoms with van der Waals surface area (Å²) in [6.07, 6.45) is 4.74. The number of hydrogen-bond acceptors (Lipinski definition) is 2. The summed E-state index contributed by atoms with van der Waals surface area (Å²) in [5.74, 6) is 0. The smallest absolute Gasteiger partial charge is 0.0416 e. The van der Waals surface area contributed by atoms with Gasteiger partial charge < -0.3 is 5.32 Å². The number of nitrogens with one attached hydrogen (secondary N) is 1. The Morgan fingerprint density at radius 3 is 2.71 bits per heavy atom. The summed E-state index contributed by atoms with van der Waals surface area (Å²) in [6, 6.07) is 19.4. The van der Waals surface area contributed by atoms with Gasteiger partial charge in [-0.1, -0.05) is 36.4 Å². The highest BCUT2D eigenvalue weighted by molar-refractivity contribution is 5.78. The third-order valence-corrected chi connectivity index (χ3v) is 4.01. The lowest BCUT2D eigenvalue weighted by Gasteiger charge is -2.08. The Morgan fingerprint density at radius 1 is 0.905 bits per heavy atom. The van der Waals surface area contributed by atoms with E-state index in [0.29, 0.717) is 0 Å². The second-order valence-electron chi connectivity index (χ2n) is 5.42. The minimum atomic E-state index is 0.805. The van der Waals surface area contributed by atoms with Gasteiger partial charge in [0.2, 0.25) is 0 Å². The number of hydrogen-bond donors (Lipinski definition) is 1. The van der Waals surface area contributed by atoms with Crippen LogP contribution in [0.5, 0.6) is 0 Å². The van der Waals surface area contributed by atoms with Crippen LogP contribution in [0.4, 0.5) is 5.69 Å². The van der Waals surface area contributed by atoms with E-state index in [-0.39, 0.29) is 0 Å². The summed E-state index contributed by atoms with van der Waals surface area (Å²) >= 11 is 0. The lowest BCUT2D eigenvalue weighted by Crippen LogP contribution is -2.00. The average Bonchev–Trinajstić information content (AvgIpc) is 2.91. The zero-order valence-corrected chi connectivity index (χ0v) is 11.7. The first-order chi connectivity index (χ1) is 10.4. The Kier molecular flexibility index (Phi) is 2.93. The molecule has 102 valence electrons. The lowest BCUT2D eigenvalue weighted by molar-refractivity contribution is 1.11. The van der Waals surface area contributed by atoms with Gasteiger partial charge in [0.15, 0.2) is 0 Å². The molecule has 1 aliphatic rings. The van der Waals surface area contributed by atoms with E-state index in [1.54, 1.807) is 6.20 Å². The Labute approximate surface area is 124 Å². The predicted molar refractivity (Wildman–Crippen MR) is 86.2 cm³/mol.